The number of thiazole rings is 1. The predicted molar refractivity (Wildman–Crippen MR) is 285 cm³/mol. The smallest absolute Gasteiger partial charge is 0.355 e. The average Bonchev–Trinajstić information content (AvgIpc) is 3.98. The lowest BCUT2D eigenvalue weighted by Crippen LogP contribution is -2.49. The van der Waals surface area contributed by atoms with E-state index in [0.717, 1.165) is 119 Å². The Labute approximate surface area is 428 Å². The fraction of sp³-hybridized carbons (Fsp3) is 0.386. The molecule has 73 heavy (non-hydrogen) atoms. The van der Waals surface area contributed by atoms with Gasteiger partial charge in [0.25, 0.3) is 5.91 Å². The van der Waals surface area contributed by atoms with Crippen LogP contribution in [0.2, 0.25) is 0 Å². The molecule has 1 aliphatic carbocycles. The van der Waals surface area contributed by atoms with Gasteiger partial charge in [-0.2, -0.15) is 5.10 Å². The molecule has 7 aromatic rings. The summed E-state index contributed by atoms with van der Waals surface area (Å²) >= 11 is 1.44. The van der Waals surface area contributed by atoms with Gasteiger partial charge < -0.3 is 19.6 Å². The lowest BCUT2D eigenvalue weighted by molar-refractivity contribution is -0.134. The number of hydrogen-bond donors (Lipinski definition) is 3. The Balaban J connectivity index is 0.680. The Hall–Kier alpha value is -7.17. The first kappa shape index (κ1) is 48.1. The van der Waals surface area contributed by atoms with Crippen LogP contribution < -0.4 is 25.2 Å². The number of piperidine rings is 1. The van der Waals surface area contributed by atoms with E-state index in [1.54, 1.807) is 0 Å². The van der Waals surface area contributed by atoms with Gasteiger partial charge in [0, 0.05) is 75.3 Å². The zero-order valence-corrected chi connectivity index (χ0v) is 42.4. The van der Waals surface area contributed by atoms with Gasteiger partial charge in [0.15, 0.2) is 10.8 Å². The molecule has 0 bridgehead atoms. The molecule has 2 saturated heterocycles. The lowest BCUT2D eigenvalue weighted by atomic mass is 9.83. The van der Waals surface area contributed by atoms with E-state index in [2.05, 4.69) is 44.5 Å². The number of carbonyl (C=O) groups excluding carboxylic acids is 3. The molecule has 4 aromatic carbocycles. The van der Waals surface area contributed by atoms with Crippen molar-refractivity contribution in [3.05, 3.63) is 125 Å². The number of benzene rings is 4. The van der Waals surface area contributed by atoms with Gasteiger partial charge in [-0.05, 0) is 136 Å². The number of piperazine rings is 1. The third-order valence-electron chi connectivity index (χ3n) is 15.8. The van der Waals surface area contributed by atoms with Crippen molar-refractivity contribution in [2.75, 3.05) is 47.8 Å². The zero-order chi connectivity index (χ0) is 50.3. The van der Waals surface area contributed by atoms with Gasteiger partial charge in [-0.3, -0.25) is 34.6 Å². The first-order chi connectivity index (χ1) is 35.4. The maximum atomic E-state index is 13.7. The number of aryl methyl sites for hydroxylation is 1. The molecule has 3 aromatic heterocycles. The number of hydrogen-bond acceptors (Lipinski definition) is 12. The second-order valence-electron chi connectivity index (χ2n) is 20.3. The maximum absolute atomic E-state index is 13.7. The van der Waals surface area contributed by atoms with Crippen LogP contribution >= 0.6 is 11.3 Å². The van der Waals surface area contributed by atoms with Crippen molar-refractivity contribution in [1.29, 1.82) is 0 Å². The SMILES string of the molecule is Cc1c(OC2CCC(CCC(C)N3CCN(c4cccc5c(C6CCC(=O)NC6=O)nn(C)c45)CC3)CC2)cccc1-c1ccc(N2CCc3cccc(C(=O)Nc4nc5ccccc5s4)c3C2)nc1C(=O)O. The lowest BCUT2D eigenvalue weighted by Gasteiger charge is -2.40. The number of fused-ring (bicyclic) bond motifs is 3. The molecule has 4 aliphatic rings. The Morgan fingerprint density at radius 2 is 1.64 bits per heavy atom. The quantitative estimate of drug-likeness (QED) is 0.0935. The molecule has 3 N–H and O–H groups in total. The summed E-state index contributed by atoms with van der Waals surface area (Å²) in [5, 5.41) is 22.4. The van der Waals surface area contributed by atoms with Crippen LogP contribution in [0.15, 0.2) is 91.0 Å². The average molecular weight is 1000 g/mol. The Bertz CT molecular complexity index is 3230. The van der Waals surface area contributed by atoms with E-state index in [-0.39, 0.29) is 29.5 Å². The first-order valence-corrected chi connectivity index (χ1v) is 26.6. The molecule has 3 fully saturated rings. The van der Waals surface area contributed by atoms with Crippen molar-refractivity contribution < 1.29 is 29.0 Å². The molecule has 1 saturated carbocycles. The summed E-state index contributed by atoms with van der Waals surface area (Å²) in [5.74, 6) is -0.263. The van der Waals surface area contributed by atoms with E-state index in [0.29, 0.717) is 66.4 Å². The summed E-state index contributed by atoms with van der Waals surface area (Å²) in [6.45, 7) is 9.19. The number of imide groups is 1. The second kappa shape index (κ2) is 20.4. The van der Waals surface area contributed by atoms with Gasteiger partial charge in [-0.25, -0.2) is 14.8 Å². The minimum Gasteiger partial charge on any atom is -0.490 e. The standard InChI is InChI=1S/C57H61N9O6S/c1-34(64-29-31-65(32-30-64)46-14-7-12-42-51(62-63(3)53(42)46)43-24-26-50(67)60-55(43)69)17-18-36-19-21-38(22-20-36)72-47-15-8-10-39(35(47)2)40-23-25-49(59-52(40)56(70)71)66-28-27-37-9-6-11-41(44(37)33-66)54(68)61-57-58-45-13-4-5-16-48(45)73-57/h4-16,23,25,34,36,38,43H,17-22,24,26-33H2,1-3H3,(H,70,71)(H,58,61,68)(H,60,67,69). The maximum Gasteiger partial charge on any atom is 0.355 e. The number of ether oxygens (including phenoxy) is 1. The van der Waals surface area contributed by atoms with Crippen LogP contribution in [0.5, 0.6) is 5.75 Å². The summed E-state index contributed by atoms with van der Waals surface area (Å²) in [4.78, 5) is 67.7. The topological polar surface area (TPSA) is 175 Å². The fourth-order valence-electron chi connectivity index (χ4n) is 11.7. The van der Waals surface area contributed by atoms with E-state index < -0.39 is 11.9 Å². The number of pyridine rings is 1. The highest BCUT2D eigenvalue weighted by Crippen LogP contribution is 2.39. The van der Waals surface area contributed by atoms with Crippen LogP contribution in [-0.4, -0.2) is 98.3 Å². The number of nitrogens with zero attached hydrogens (tertiary/aromatic N) is 7. The largest absolute Gasteiger partial charge is 0.490 e. The third kappa shape index (κ3) is 9.77. The molecule has 3 aliphatic heterocycles. The number of para-hydroxylation sites is 2. The van der Waals surface area contributed by atoms with Gasteiger partial charge in [0.1, 0.15) is 11.6 Å². The molecule has 3 amide bonds. The summed E-state index contributed by atoms with van der Waals surface area (Å²) < 4.78 is 9.61. The van der Waals surface area contributed by atoms with Gasteiger partial charge in [-0.1, -0.05) is 59.9 Å². The van der Waals surface area contributed by atoms with Crippen molar-refractivity contribution in [2.24, 2.45) is 13.0 Å². The van der Waals surface area contributed by atoms with Gasteiger partial charge in [0.2, 0.25) is 11.8 Å². The number of amides is 3. The van der Waals surface area contributed by atoms with Gasteiger partial charge >= 0.3 is 5.97 Å². The van der Waals surface area contributed by atoms with Crippen LogP contribution in [-0.2, 0) is 29.6 Å². The molecular formula is C57H61N9O6S. The number of aromatic carboxylic acids is 1. The number of carbonyl (C=O) groups is 4. The van der Waals surface area contributed by atoms with Crippen molar-refractivity contribution in [1.82, 2.24) is 30.0 Å². The first-order valence-electron chi connectivity index (χ1n) is 25.8. The summed E-state index contributed by atoms with van der Waals surface area (Å²) in [5.41, 5.74) is 8.49. The van der Waals surface area contributed by atoms with Crippen molar-refractivity contribution in [3.63, 3.8) is 0 Å². The Kier molecular flexibility index (Phi) is 13.4. The van der Waals surface area contributed by atoms with Gasteiger partial charge in [0.05, 0.1) is 39.1 Å². The molecule has 0 spiro atoms. The third-order valence-corrected chi connectivity index (χ3v) is 16.8. The van der Waals surface area contributed by atoms with E-state index in [1.807, 2.05) is 102 Å². The zero-order valence-electron chi connectivity index (χ0n) is 41.6. The van der Waals surface area contributed by atoms with E-state index >= 15 is 0 Å². The molecule has 16 heteroatoms. The van der Waals surface area contributed by atoms with Crippen LogP contribution in [0.1, 0.15) is 107 Å². The van der Waals surface area contributed by atoms with Crippen molar-refractivity contribution in [3.8, 4) is 16.9 Å². The monoisotopic (exact) mass is 999 g/mol. The van der Waals surface area contributed by atoms with Crippen LogP contribution in [0.4, 0.5) is 16.6 Å². The van der Waals surface area contributed by atoms with Crippen LogP contribution in [0.25, 0.3) is 32.2 Å². The highest BCUT2D eigenvalue weighted by Gasteiger charge is 2.34. The van der Waals surface area contributed by atoms with E-state index in [1.165, 1.54) is 17.8 Å². The number of carboxylic acid groups (broad SMARTS) is 1. The number of nitrogens with one attached hydrogen (secondary N) is 2. The Morgan fingerprint density at radius 1 is 0.849 bits per heavy atom. The normalized spacial score (nSPS) is 20.0. The highest BCUT2D eigenvalue weighted by molar-refractivity contribution is 7.22. The van der Waals surface area contributed by atoms with E-state index in [4.69, 9.17) is 14.8 Å². The molecule has 376 valence electrons. The molecule has 2 unspecified atom stereocenters. The number of rotatable bonds is 13. The van der Waals surface area contributed by atoms with Crippen LogP contribution in [0, 0.1) is 12.8 Å². The number of carboxylic acids is 1. The second-order valence-corrected chi connectivity index (χ2v) is 21.3. The summed E-state index contributed by atoms with van der Waals surface area (Å²) in [6.07, 6.45) is 8.11. The summed E-state index contributed by atoms with van der Waals surface area (Å²) in [6, 6.07) is 29.9. The molecular weight excluding hydrogens is 939 g/mol. The predicted octanol–water partition coefficient (Wildman–Crippen LogP) is 9.52. The molecule has 11 rings (SSSR count). The molecule has 0 radical (unpaired) electrons. The minimum absolute atomic E-state index is 0.0218. The van der Waals surface area contributed by atoms with Crippen molar-refractivity contribution in [2.45, 2.75) is 96.2 Å². The molecule has 6 heterocycles. The molecule has 2 atom stereocenters. The van der Waals surface area contributed by atoms with Crippen LogP contribution in [0.3, 0.4) is 0 Å². The van der Waals surface area contributed by atoms with E-state index in [9.17, 15) is 24.3 Å². The number of anilines is 3. The molecule has 15 nitrogen and oxygen atoms in total. The van der Waals surface area contributed by atoms with Gasteiger partial charge in [-0.15, -0.1) is 0 Å². The highest BCUT2D eigenvalue weighted by atomic mass is 32.1. The fourth-order valence-corrected chi connectivity index (χ4v) is 12.6. The minimum atomic E-state index is -1.10. The van der Waals surface area contributed by atoms with Crippen molar-refractivity contribution >= 4 is 72.8 Å². The summed E-state index contributed by atoms with van der Waals surface area (Å²) in [7, 11) is 1.94. The number of aromatic nitrogens is 4. The Morgan fingerprint density at radius 3 is 2.44 bits per heavy atom.